The minimum absolute atomic E-state index is 0. The zero-order chi connectivity index (χ0) is 14.2. The van der Waals surface area contributed by atoms with E-state index in [1.807, 2.05) is 11.8 Å². The molecule has 0 aliphatic carbocycles. The van der Waals surface area contributed by atoms with Crippen molar-refractivity contribution >= 4 is 22.9 Å². The smallest absolute Gasteiger partial charge is 0.249 e. The Morgan fingerprint density at radius 3 is 2.05 bits per heavy atom. The summed E-state index contributed by atoms with van der Waals surface area (Å²) in [6, 6.07) is 0. The highest BCUT2D eigenvalue weighted by Gasteiger charge is 2.29. The molecule has 0 aromatic carbocycles. The highest BCUT2D eigenvalue weighted by molar-refractivity contribution is 8.93. The van der Waals surface area contributed by atoms with Crippen LogP contribution in [0.15, 0.2) is 12.2 Å². The molecule has 0 rings (SSSR count). The van der Waals surface area contributed by atoms with Crippen LogP contribution in [0.4, 0.5) is 0 Å². The van der Waals surface area contributed by atoms with Crippen LogP contribution in [-0.2, 0) is 4.79 Å². The number of likely N-dealkylation sites (N-methyl/N-ethyl adjacent to an activating group) is 1. The third-order valence-electron chi connectivity index (χ3n) is 3.55. The van der Waals surface area contributed by atoms with Crippen molar-refractivity contribution in [1.82, 2.24) is 4.90 Å². The lowest BCUT2D eigenvalue weighted by atomic mass is 9.93. The van der Waals surface area contributed by atoms with Crippen molar-refractivity contribution in [2.75, 3.05) is 6.54 Å². The fourth-order valence-corrected chi connectivity index (χ4v) is 2.37. The van der Waals surface area contributed by atoms with Crippen LogP contribution < -0.4 is 0 Å². The Morgan fingerprint density at radius 1 is 1.11 bits per heavy atom. The molecule has 0 unspecified atom stereocenters. The average Bonchev–Trinajstić information content (AvgIpc) is 2.28. The molecule has 0 saturated heterocycles. The first-order valence-electron chi connectivity index (χ1n) is 7.34. The van der Waals surface area contributed by atoms with E-state index in [4.69, 9.17) is 0 Å². The van der Waals surface area contributed by atoms with Gasteiger partial charge >= 0.3 is 0 Å². The molecule has 0 saturated carbocycles. The second-order valence-corrected chi connectivity index (χ2v) is 5.81. The fraction of sp³-hybridized carbons (Fsp3) is 0.812. The number of carbonyl (C=O) groups excluding carboxylic acids is 1. The summed E-state index contributed by atoms with van der Waals surface area (Å²) in [7, 11) is 0. The van der Waals surface area contributed by atoms with Crippen LogP contribution in [0.3, 0.4) is 0 Å². The summed E-state index contributed by atoms with van der Waals surface area (Å²) in [6.45, 7) is 14.9. The predicted octanol–water partition coefficient (Wildman–Crippen LogP) is 5.13. The van der Waals surface area contributed by atoms with Gasteiger partial charge in [-0.25, -0.2) is 0 Å². The quantitative estimate of drug-likeness (QED) is 0.423. The van der Waals surface area contributed by atoms with Gasteiger partial charge in [-0.1, -0.05) is 45.6 Å². The summed E-state index contributed by atoms with van der Waals surface area (Å²) < 4.78 is 0. The monoisotopic (exact) mass is 333 g/mol. The summed E-state index contributed by atoms with van der Waals surface area (Å²) in [5.74, 6) is 0.0936. The van der Waals surface area contributed by atoms with Gasteiger partial charge in [0.1, 0.15) is 0 Å². The van der Waals surface area contributed by atoms with E-state index >= 15 is 0 Å². The Kier molecular flexibility index (Phi) is 11.6. The third kappa shape index (κ3) is 7.76. The van der Waals surface area contributed by atoms with E-state index in [2.05, 4.69) is 27.4 Å². The predicted molar refractivity (Wildman–Crippen MR) is 90.0 cm³/mol. The molecule has 114 valence electrons. The third-order valence-corrected chi connectivity index (χ3v) is 3.55. The lowest BCUT2D eigenvalue weighted by molar-refractivity contribution is -0.132. The number of rotatable bonds is 9. The van der Waals surface area contributed by atoms with Crippen molar-refractivity contribution in [1.29, 1.82) is 0 Å². The molecular weight excluding hydrogens is 302 g/mol. The highest BCUT2D eigenvalue weighted by atomic mass is 79.9. The van der Waals surface area contributed by atoms with Gasteiger partial charge in [0, 0.05) is 17.7 Å². The van der Waals surface area contributed by atoms with Crippen LogP contribution in [0.5, 0.6) is 0 Å². The largest absolute Gasteiger partial charge is 0.334 e. The molecule has 0 spiro atoms. The van der Waals surface area contributed by atoms with Crippen LogP contribution in [0.2, 0.25) is 0 Å². The van der Waals surface area contributed by atoms with Crippen molar-refractivity contribution in [3.05, 3.63) is 12.2 Å². The van der Waals surface area contributed by atoms with Gasteiger partial charge in [-0.3, -0.25) is 4.79 Å². The van der Waals surface area contributed by atoms with Gasteiger partial charge in [0.2, 0.25) is 5.91 Å². The van der Waals surface area contributed by atoms with Crippen LogP contribution >= 0.6 is 17.0 Å². The van der Waals surface area contributed by atoms with Gasteiger partial charge in [0.15, 0.2) is 0 Å². The zero-order valence-corrected chi connectivity index (χ0v) is 15.1. The molecule has 0 aliphatic heterocycles. The minimum Gasteiger partial charge on any atom is -0.334 e. The Hall–Kier alpha value is -0.310. The Morgan fingerprint density at radius 2 is 1.63 bits per heavy atom. The number of hydrogen-bond donors (Lipinski definition) is 0. The van der Waals surface area contributed by atoms with Crippen LogP contribution in [0.1, 0.15) is 73.1 Å². The van der Waals surface area contributed by atoms with E-state index < -0.39 is 0 Å². The molecule has 19 heavy (non-hydrogen) atoms. The van der Waals surface area contributed by atoms with Crippen LogP contribution in [0, 0.1) is 0 Å². The molecule has 0 heterocycles. The van der Waals surface area contributed by atoms with Gasteiger partial charge in [-0.15, -0.1) is 17.0 Å². The molecule has 0 aromatic heterocycles. The first-order chi connectivity index (χ1) is 8.36. The maximum atomic E-state index is 12.1. The van der Waals surface area contributed by atoms with Crippen LogP contribution in [0.25, 0.3) is 0 Å². The maximum Gasteiger partial charge on any atom is 0.249 e. The van der Waals surface area contributed by atoms with Crippen LogP contribution in [-0.4, -0.2) is 22.9 Å². The first kappa shape index (κ1) is 21.0. The number of halogens is 1. The van der Waals surface area contributed by atoms with Gasteiger partial charge in [-0.05, 0) is 34.1 Å². The summed E-state index contributed by atoms with van der Waals surface area (Å²) in [4.78, 5) is 14.0. The van der Waals surface area contributed by atoms with E-state index in [1.165, 1.54) is 32.1 Å². The Balaban J connectivity index is 0. The molecule has 0 aliphatic rings. The average molecular weight is 334 g/mol. The minimum atomic E-state index is -0.0585. The number of amides is 1. The Bertz CT molecular complexity index is 274. The molecule has 0 bridgehead atoms. The number of unbranched alkanes of at least 4 members (excludes halogenated alkanes) is 4. The second kappa shape index (κ2) is 10.5. The molecule has 0 N–H and O–H groups in total. The summed E-state index contributed by atoms with van der Waals surface area (Å²) >= 11 is 0. The van der Waals surface area contributed by atoms with Gasteiger partial charge in [0.25, 0.3) is 0 Å². The first-order valence-corrected chi connectivity index (χ1v) is 7.34. The lowest BCUT2D eigenvalue weighted by Gasteiger charge is -2.38. The zero-order valence-electron chi connectivity index (χ0n) is 13.4. The van der Waals surface area contributed by atoms with Crippen molar-refractivity contribution < 1.29 is 4.79 Å². The lowest BCUT2D eigenvalue weighted by Crippen LogP contribution is -2.47. The van der Waals surface area contributed by atoms with Gasteiger partial charge in [-0.2, -0.15) is 0 Å². The van der Waals surface area contributed by atoms with E-state index in [-0.39, 0.29) is 28.4 Å². The fourth-order valence-electron chi connectivity index (χ4n) is 2.37. The molecule has 0 atom stereocenters. The standard InChI is InChI=1S/C16H31NO.BrH/c1-7-9-10-11-12-13-16(5,6)17(8-2)15(18)14(3)4;/h3,7-13H2,1-2,4-6H3;1H. The van der Waals surface area contributed by atoms with Crippen molar-refractivity contribution in [2.45, 2.75) is 78.7 Å². The highest BCUT2D eigenvalue weighted by Crippen LogP contribution is 2.23. The number of hydrogen-bond acceptors (Lipinski definition) is 1. The van der Waals surface area contributed by atoms with E-state index in [0.29, 0.717) is 5.57 Å². The normalized spacial score (nSPS) is 10.8. The Labute approximate surface area is 130 Å². The van der Waals surface area contributed by atoms with Crippen molar-refractivity contribution in [3.8, 4) is 0 Å². The van der Waals surface area contributed by atoms with E-state index in [1.54, 1.807) is 6.92 Å². The molecule has 3 heteroatoms. The summed E-state index contributed by atoms with van der Waals surface area (Å²) in [5.41, 5.74) is 0.577. The molecular formula is C16H32BrNO. The molecule has 0 radical (unpaired) electrons. The van der Waals surface area contributed by atoms with E-state index in [9.17, 15) is 4.79 Å². The van der Waals surface area contributed by atoms with Crippen molar-refractivity contribution in [3.63, 3.8) is 0 Å². The van der Waals surface area contributed by atoms with Gasteiger partial charge < -0.3 is 4.90 Å². The topological polar surface area (TPSA) is 20.3 Å². The molecule has 0 fully saturated rings. The molecule has 2 nitrogen and oxygen atoms in total. The van der Waals surface area contributed by atoms with Gasteiger partial charge in [0.05, 0.1) is 0 Å². The number of nitrogens with zero attached hydrogens (tertiary/aromatic N) is 1. The SMILES string of the molecule is Br.C=C(C)C(=O)N(CC)C(C)(C)CCCCCCC. The maximum absolute atomic E-state index is 12.1. The number of carbonyl (C=O) groups is 1. The van der Waals surface area contributed by atoms with Crippen molar-refractivity contribution in [2.24, 2.45) is 0 Å². The summed E-state index contributed by atoms with van der Waals surface area (Å²) in [6.07, 6.45) is 7.46. The molecule has 0 aromatic rings. The van der Waals surface area contributed by atoms with E-state index in [0.717, 1.165) is 13.0 Å². The molecule has 1 amide bonds. The summed E-state index contributed by atoms with van der Waals surface area (Å²) in [5, 5.41) is 0. The second-order valence-electron chi connectivity index (χ2n) is 5.81.